The van der Waals surface area contributed by atoms with E-state index < -0.39 is 6.10 Å². The van der Waals surface area contributed by atoms with Gasteiger partial charge < -0.3 is 15.8 Å². The number of nitrogens with one attached hydrogen (secondary N) is 1. The van der Waals surface area contributed by atoms with Crippen LogP contribution in [0.5, 0.6) is 5.75 Å². The summed E-state index contributed by atoms with van der Waals surface area (Å²) < 4.78 is 5.65. The van der Waals surface area contributed by atoms with Crippen LogP contribution in [-0.2, 0) is 11.2 Å². The lowest BCUT2D eigenvalue weighted by Gasteiger charge is -2.27. The van der Waals surface area contributed by atoms with Gasteiger partial charge in [-0.2, -0.15) is 0 Å². The number of para-hydroxylation sites is 1. The van der Waals surface area contributed by atoms with Crippen molar-refractivity contribution in [2.24, 2.45) is 5.73 Å². The molecule has 1 unspecified atom stereocenters. The Hall–Kier alpha value is -1.55. The fourth-order valence-electron chi connectivity index (χ4n) is 2.17. The predicted octanol–water partition coefficient (Wildman–Crippen LogP) is 1.23. The molecular weight excluding hydrogens is 228 g/mol. The summed E-state index contributed by atoms with van der Waals surface area (Å²) in [5.74, 6) is 0.749. The molecule has 0 saturated carbocycles. The van der Waals surface area contributed by atoms with E-state index in [1.807, 2.05) is 38.1 Å². The van der Waals surface area contributed by atoms with E-state index in [9.17, 15) is 4.79 Å². The molecule has 0 aromatic heterocycles. The number of hydrogen-bond donors (Lipinski definition) is 2. The zero-order valence-electron chi connectivity index (χ0n) is 10.9. The molecule has 1 aliphatic heterocycles. The SMILES string of the molecule is CC(C)(CCN)NC(=O)C1Cc2ccccc2O1. The fraction of sp³-hybridized carbons (Fsp3) is 0.500. The van der Waals surface area contributed by atoms with E-state index in [1.54, 1.807) is 0 Å². The van der Waals surface area contributed by atoms with Gasteiger partial charge in [-0.25, -0.2) is 0 Å². The smallest absolute Gasteiger partial charge is 0.261 e. The number of nitrogens with two attached hydrogens (primary N) is 1. The summed E-state index contributed by atoms with van der Waals surface area (Å²) >= 11 is 0. The van der Waals surface area contributed by atoms with Crippen molar-refractivity contribution in [2.75, 3.05) is 6.54 Å². The van der Waals surface area contributed by atoms with Gasteiger partial charge in [-0.15, -0.1) is 0 Å². The summed E-state index contributed by atoms with van der Waals surface area (Å²) in [6, 6.07) is 7.76. The summed E-state index contributed by atoms with van der Waals surface area (Å²) in [6.07, 6.45) is 0.971. The van der Waals surface area contributed by atoms with Crippen molar-refractivity contribution in [1.82, 2.24) is 5.32 Å². The molecule has 1 aliphatic rings. The molecule has 4 nitrogen and oxygen atoms in total. The number of fused-ring (bicyclic) bond motifs is 1. The average molecular weight is 248 g/mol. The molecule has 0 radical (unpaired) electrons. The van der Waals surface area contributed by atoms with Gasteiger partial charge in [-0.05, 0) is 38.4 Å². The number of amides is 1. The first kappa shape index (κ1) is 12.9. The van der Waals surface area contributed by atoms with Gasteiger partial charge in [0.15, 0.2) is 6.10 Å². The molecular formula is C14H20N2O2. The summed E-state index contributed by atoms with van der Waals surface area (Å²) in [4.78, 5) is 12.1. The Morgan fingerprint density at radius 1 is 1.50 bits per heavy atom. The lowest BCUT2D eigenvalue weighted by atomic mass is 10.00. The first-order valence-corrected chi connectivity index (χ1v) is 6.28. The van der Waals surface area contributed by atoms with Crippen LogP contribution in [0.2, 0.25) is 0 Å². The summed E-state index contributed by atoms with van der Waals surface area (Å²) in [6.45, 7) is 4.50. The number of carbonyl (C=O) groups is 1. The van der Waals surface area contributed by atoms with Crippen molar-refractivity contribution in [1.29, 1.82) is 0 Å². The number of ether oxygens (including phenoxy) is 1. The molecule has 1 aromatic rings. The Morgan fingerprint density at radius 3 is 2.89 bits per heavy atom. The molecule has 0 saturated heterocycles. The van der Waals surface area contributed by atoms with Crippen LogP contribution in [0.4, 0.5) is 0 Å². The predicted molar refractivity (Wildman–Crippen MR) is 70.5 cm³/mol. The highest BCUT2D eigenvalue weighted by molar-refractivity contribution is 5.83. The summed E-state index contributed by atoms with van der Waals surface area (Å²) in [5, 5.41) is 2.99. The van der Waals surface area contributed by atoms with Gasteiger partial charge in [-0.3, -0.25) is 4.79 Å². The van der Waals surface area contributed by atoms with Crippen molar-refractivity contribution in [3.63, 3.8) is 0 Å². The minimum absolute atomic E-state index is 0.0651. The van der Waals surface area contributed by atoms with Crippen molar-refractivity contribution in [3.8, 4) is 5.75 Å². The molecule has 18 heavy (non-hydrogen) atoms. The fourth-order valence-corrected chi connectivity index (χ4v) is 2.17. The van der Waals surface area contributed by atoms with E-state index in [-0.39, 0.29) is 11.4 Å². The van der Waals surface area contributed by atoms with Crippen molar-refractivity contribution in [2.45, 2.75) is 38.3 Å². The van der Waals surface area contributed by atoms with Gasteiger partial charge in [0.25, 0.3) is 5.91 Å². The maximum atomic E-state index is 12.1. The molecule has 3 N–H and O–H groups in total. The van der Waals surface area contributed by atoms with Crippen LogP contribution in [0.25, 0.3) is 0 Å². The van der Waals surface area contributed by atoms with Crippen molar-refractivity contribution in [3.05, 3.63) is 29.8 Å². The Morgan fingerprint density at radius 2 is 2.22 bits per heavy atom. The standard InChI is InChI=1S/C14H20N2O2/c1-14(2,7-8-15)16-13(17)12-9-10-5-3-4-6-11(10)18-12/h3-6,12H,7-9,15H2,1-2H3,(H,16,17). The van der Waals surface area contributed by atoms with Gasteiger partial charge in [0, 0.05) is 12.0 Å². The lowest BCUT2D eigenvalue weighted by Crippen LogP contribution is -2.49. The van der Waals surface area contributed by atoms with Gasteiger partial charge in [0.2, 0.25) is 0 Å². The third kappa shape index (κ3) is 2.82. The minimum Gasteiger partial charge on any atom is -0.480 e. The Bertz CT molecular complexity index is 418. The van der Waals surface area contributed by atoms with Gasteiger partial charge in [0.05, 0.1) is 0 Å². The Labute approximate surface area is 108 Å². The molecule has 1 heterocycles. The summed E-state index contributed by atoms with van der Waals surface area (Å²) in [5.41, 5.74) is 6.33. The molecule has 0 spiro atoms. The van der Waals surface area contributed by atoms with Crippen LogP contribution < -0.4 is 15.8 Å². The van der Waals surface area contributed by atoms with Crippen LogP contribution in [0.1, 0.15) is 25.8 Å². The zero-order chi connectivity index (χ0) is 13.2. The largest absolute Gasteiger partial charge is 0.480 e. The first-order chi connectivity index (χ1) is 8.52. The van der Waals surface area contributed by atoms with Crippen LogP contribution >= 0.6 is 0 Å². The molecule has 1 amide bonds. The number of rotatable bonds is 4. The van der Waals surface area contributed by atoms with Crippen molar-refractivity contribution >= 4 is 5.91 Å². The van der Waals surface area contributed by atoms with Crippen LogP contribution in [0.15, 0.2) is 24.3 Å². The summed E-state index contributed by atoms with van der Waals surface area (Å²) in [7, 11) is 0. The van der Waals surface area contributed by atoms with Gasteiger partial charge in [-0.1, -0.05) is 18.2 Å². The van der Waals surface area contributed by atoms with Gasteiger partial charge in [0.1, 0.15) is 5.75 Å². The van der Waals surface area contributed by atoms with Crippen molar-refractivity contribution < 1.29 is 9.53 Å². The van der Waals surface area contributed by atoms with E-state index in [0.717, 1.165) is 17.7 Å². The molecule has 0 aliphatic carbocycles. The monoisotopic (exact) mass is 248 g/mol. The third-order valence-electron chi connectivity index (χ3n) is 3.17. The van der Waals surface area contributed by atoms with E-state index >= 15 is 0 Å². The third-order valence-corrected chi connectivity index (χ3v) is 3.17. The average Bonchev–Trinajstić information content (AvgIpc) is 2.71. The van der Waals surface area contributed by atoms with Crippen LogP contribution in [0.3, 0.4) is 0 Å². The van der Waals surface area contributed by atoms with Crippen LogP contribution in [0, 0.1) is 0 Å². The molecule has 0 bridgehead atoms. The molecule has 1 aromatic carbocycles. The first-order valence-electron chi connectivity index (χ1n) is 6.28. The maximum Gasteiger partial charge on any atom is 0.261 e. The second kappa shape index (κ2) is 4.98. The normalized spacial score (nSPS) is 18.1. The van der Waals surface area contributed by atoms with Crippen LogP contribution in [-0.4, -0.2) is 24.1 Å². The zero-order valence-corrected chi connectivity index (χ0v) is 10.9. The highest BCUT2D eigenvalue weighted by Gasteiger charge is 2.31. The Kier molecular flexibility index (Phi) is 3.57. The minimum atomic E-state index is -0.417. The van der Waals surface area contributed by atoms with E-state index in [0.29, 0.717) is 13.0 Å². The molecule has 2 rings (SSSR count). The lowest BCUT2D eigenvalue weighted by molar-refractivity contribution is -0.128. The number of carbonyl (C=O) groups excluding carboxylic acids is 1. The molecule has 1 atom stereocenters. The maximum absolute atomic E-state index is 12.1. The molecule has 98 valence electrons. The van der Waals surface area contributed by atoms with Gasteiger partial charge >= 0.3 is 0 Å². The van der Waals surface area contributed by atoms with E-state index in [2.05, 4.69) is 5.32 Å². The number of hydrogen-bond acceptors (Lipinski definition) is 3. The highest BCUT2D eigenvalue weighted by Crippen LogP contribution is 2.28. The second-order valence-corrected chi connectivity index (χ2v) is 5.33. The Balaban J connectivity index is 1.97. The topological polar surface area (TPSA) is 64.3 Å². The van der Waals surface area contributed by atoms with E-state index in [4.69, 9.17) is 10.5 Å². The second-order valence-electron chi connectivity index (χ2n) is 5.33. The molecule has 4 heteroatoms. The number of benzene rings is 1. The highest BCUT2D eigenvalue weighted by atomic mass is 16.5. The van der Waals surface area contributed by atoms with E-state index in [1.165, 1.54) is 0 Å². The molecule has 0 fully saturated rings. The quantitative estimate of drug-likeness (QED) is 0.842.